The second kappa shape index (κ2) is 7.80. The smallest absolute Gasteiger partial charge is 0.117 e. The predicted molar refractivity (Wildman–Crippen MR) is 82.4 cm³/mol. The van der Waals surface area contributed by atoms with Crippen LogP contribution in [0.15, 0.2) is 30.3 Å². The van der Waals surface area contributed by atoms with E-state index in [0.29, 0.717) is 0 Å². The largest absolute Gasteiger partial charge is 0.311 e. The highest BCUT2D eigenvalue weighted by molar-refractivity contribution is 5.60. The van der Waals surface area contributed by atoms with Crippen LogP contribution in [0.1, 0.15) is 38.8 Å². The first-order chi connectivity index (χ1) is 9.85. The molecule has 0 atom stereocenters. The first-order valence-electron chi connectivity index (χ1n) is 7.55. The van der Waals surface area contributed by atoms with Gasteiger partial charge in [0.2, 0.25) is 0 Å². The van der Waals surface area contributed by atoms with Crippen molar-refractivity contribution in [3.8, 4) is 11.3 Å². The molecule has 0 amide bonds. The monoisotopic (exact) mass is 272 g/mol. The number of aryl methyl sites for hydroxylation is 1. The van der Waals surface area contributed by atoms with Gasteiger partial charge in [-0.3, -0.25) is 0 Å². The fourth-order valence-electron chi connectivity index (χ4n) is 2.13. The summed E-state index contributed by atoms with van der Waals surface area (Å²) < 4.78 is 0. The highest BCUT2D eigenvalue weighted by Crippen LogP contribution is 2.19. The summed E-state index contributed by atoms with van der Waals surface area (Å²) in [5.74, 6) is 0. The molecule has 0 bridgehead atoms. The van der Waals surface area contributed by atoms with Crippen molar-refractivity contribution >= 4 is 0 Å². The van der Waals surface area contributed by atoms with Gasteiger partial charge in [0.05, 0.1) is 6.54 Å². The summed E-state index contributed by atoms with van der Waals surface area (Å²) in [6, 6.07) is 10.3. The van der Waals surface area contributed by atoms with E-state index in [1.807, 2.05) is 23.0 Å². The molecule has 0 fully saturated rings. The van der Waals surface area contributed by atoms with Crippen molar-refractivity contribution in [2.75, 3.05) is 6.54 Å². The quantitative estimate of drug-likeness (QED) is 0.750. The third kappa shape index (κ3) is 3.90. The number of hydrogen-bond donors (Lipinski definition) is 1. The standard InChI is InChI=1S/C16H24N4/c1-3-5-11-17-13-15-16(14-9-7-6-8-10-14)19-20(18-15)12-4-2/h6-10,17H,3-5,11-13H2,1-2H3. The first kappa shape index (κ1) is 14.7. The maximum Gasteiger partial charge on any atom is 0.117 e. The maximum atomic E-state index is 4.63. The Kier molecular flexibility index (Phi) is 5.74. The second-order valence-electron chi connectivity index (χ2n) is 4.99. The molecule has 1 heterocycles. The SMILES string of the molecule is CCCCNCc1nn(CCC)nc1-c1ccccc1. The highest BCUT2D eigenvalue weighted by Gasteiger charge is 2.12. The Morgan fingerprint density at radius 2 is 1.85 bits per heavy atom. The Balaban J connectivity index is 2.15. The third-order valence-electron chi connectivity index (χ3n) is 3.20. The van der Waals surface area contributed by atoms with Crippen LogP contribution in [-0.4, -0.2) is 21.5 Å². The Hall–Kier alpha value is -1.68. The van der Waals surface area contributed by atoms with Crippen molar-refractivity contribution in [1.29, 1.82) is 0 Å². The van der Waals surface area contributed by atoms with Crippen LogP contribution >= 0.6 is 0 Å². The summed E-state index contributed by atoms with van der Waals surface area (Å²) in [5.41, 5.74) is 3.19. The number of aromatic nitrogens is 3. The van der Waals surface area contributed by atoms with Gasteiger partial charge in [0.25, 0.3) is 0 Å². The number of rotatable bonds is 8. The molecule has 0 aliphatic carbocycles. The van der Waals surface area contributed by atoms with E-state index in [1.54, 1.807) is 0 Å². The van der Waals surface area contributed by atoms with Crippen molar-refractivity contribution in [3.05, 3.63) is 36.0 Å². The van der Waals surface area contributed by atoms with Crippen LogP contribution in [0.3, 0.4) is 0 Å². The molecular formula is C16H24N4. The number of nitrogens with one attached hydrogen (secondary N) is 1. The molecule has 1 aromatic heterocycles. The highest BCUT2D eigenvalue weighted by atomic mass is 15.5. The van der Waals surface area contributed by atoms with Crippen molar-refractivity contribution < 1.29 is 0 Å². The topological polar surface area (TPSA) is 42.7 Å². The van der Waals surface area contributed by atoms with E-state index in [4.69, 9.17) is 0 Å². The summed E-state index contributed by atoms with van der Waals surface area (Å²) >= 11 is 0. The van der Waals surface area contributed by atoms with Gasteiger partial charge in [-0.25, -0.2) is 0 Å². The van der Waals surface area contributed by atoms with Gasteiger partial charge in [0.15, 0.2) is 0 Å². The zero-order chi connectivity index (χ0) is 14.2. The van der Waals surface area contributed by atoms with Gasteiger partial charge in [-0.2, -0.15) is 15.0 Å². The van der Waals surface area contributed by atoms with E-state index < -0.39 is 0 Å². The summed E-state index contributed by atoms with van der Waals surface area (Å²) in [5, 5.41) is 12.7. The molecular weight excluding hydrogens is 248 g/mol. The van der Waals surface area contributed by atoms with Gasteiger partial charge < -0.3 is 5.32 Å². The molecule has 20 heavy (non-hydrogen) atoms. The molecule has 1 aromatic carbocycles. The Morgan fingerprint density at radius 3 is 2.55 bits per heavy atom. The van der Waals surface area contributed by atoms with Crippen LogP contribution in [0.4, 0.5) is 0 Å². The molecule has 0 aliphatic rings. The summed E-state index contributed by atoms with van der Waals surface area (Å²) in [7, 11) is 0. The molecule has 1 N–H and O–H groups in total. The minimum absolute atomic E-state index is 0.786. The van der Waals surface area contributed by atoms with Crippen molar-refractivity contribution in [2.24, 2.45) is 0 Å². The lowest BCUT2D eigenvalue weighted by molar-refractivity contribution is 0.520. The maximum absolute atomic E-state index is 4.63. The van der Waals surface area contributed by atoms with E-state index in [2.05, 4.69) is 41.5 Å². The number of hydrogen-bond acceptors (Lipinski definition) is 3. The Morgan fingerprint density at radius 1 is 1.05 bits per heavy atom. The van der Waals surface area contributed by atoms with Crippen molar-refractivity contribution in [1.82, 2.24) is 20.3 Å². The molecule has 2 aromatic rings. The molecule has 0 aliphatic heterocycles. The normalized spacial score (nSPS) is 10.9. The van der Waals surface area contributed by atoms with E-state index >= 15 is 0 Å². The van der Waals surface area contributed by atoms with Gasteiger partial charge in [-0.15, -0.1) is 0 Å². The predicted octanol–water partition coefficient (Wildman–Crippen LogP) is 3.24. The van der Waals surface area contributed by atoms with Crippen molar-refractivity contribution in [3.63, 3.8) is 0 Å². The van der Waals surface area contributed by atoms with Gasteiger partial charge in [0.1, 0.15) is 11.4 Å². The molecule has 2 rings (SSSR count). The molecule has 108 valence electrons. The van der Waals surface area contributed by atoms with Gasteiger partial charge in [0, 0.05) is 12.1 Å². The average molecular weight is 272 g/mol. The Labute approximate surface area is 121 Å². The van der Waals surface area contributed by atoms with Crippen LogP contribution in [0, 0.1) is 0 Å². The number of benzene rings is 1. The molecule has 0 unspecified atom stereocenters. The van der Waals surface area contributed by atoms with Gasteiger partial charge >= 0.3 is 0 Å². The van der Waals surface area contributed by atoms with Gasteiger partial charge in [-0.1, -0.05) is 50.6 Å². The fourth-order valence-corrected chi connectivity index (χ4v) is 2.13. The van der Waals surface area contributed by atoms with E-state index in [-0.39, 0.29) is 0 Å². The molecule has 4 nitrogen and oxygen atoms in total. The summed E-state index contributed by atoms with van der Waals surface area (Å²) in [4.78, 5) is 1.82. The zero-order valence-electron chi connectivity index (χ0n) is 12.5. The molecule has 0 saturated heterocycles. The molecule has 0 radical (unpaired) electrons. The van der Waals surface area contributed by atoms with E-state index in [1.165, 1.54) is 12.8 Å². The molecule has 4 heteroatoms. The lowest BCUT2D eigenvalue weighted by Crippen LogP contribution is -2.15. The van der Waals surface area contributed by atoms with Crippen LogP contribution in [0.2, 0.25) is 0 Å². The summed E-state index contributed by atoms with van der Waals surface area (Å²) in [6.45, 7) is 7.04. The van der Waals surface area contributed by atoms with E-state index in [0.717, 1.165) is 43.0 Å². The van der Waals surface area contributed by atoms with Crippen LogP contribution < -0.4 is 5.32 Å². The number of nitrogens with zero attached hydrogens (tertiary/aromatic N) is 3. The Bertz CT molecular complexity index is 504. The summed E-state index contributed by atoms with van der Waals surface area (Å²) in [6.07, 6.45) is 3.45. The average Bonchev–Trinajstić information content (AvgIpc) is 2.88. The second-order valence-corrected chi connectivity index (χ2v) is 4.99. The minimum atomic E-state index is 0.786. The van der Waals surface area contributed by atoms with E-state index in [9.17, 15) is 0 Å². The fraction of sp³-hybridized carbons (Fsp3) is 0.500. The lowest BCUT2D eigenvalue weighted by Gasteiger charge is -2.03. The van der Waals surface area contributed by atoms with Gasteiger partial charge in [-0.05, 0) is 19.4 Å². The minimum Gasteiger partial charge on any atom is -0.311 e. The lowest BCUT2D eigenvalue weighted by atomic mass is 10.1. The first-order valence-corrected chi connectivity index (χ1v) is 7.55. The third-order valence-corrected chi connectivity index (χ3v) is 3.20. The van der Waals surface area contributed by atoms with Crippen LogP contribution in [0.5, 0.6) is 0 Å². The zero-order valence-corrected chi connectivity index (χ0v) is 12.5. The van der Waals surface area contributed by atoms with Crippen molar-refractivity contribution in [2.45, 2.75) is 46.2 Å². The number of unbranched alkanes of at least 4 members (excludes halogenated alkanes) is 1. The van der Waals surface area contributed by atoms with Crippen LogP contribution in [-0.2, 0) is 13.1 Å². The molecule has 0 spiro atoms. The molecule has 0 saturated carbocycles. The van der Waals surface area contributed by atoms with Crippen LogP contribution in [0.25, 0.3) is 11.3 Å².